The predicted octanol–water partition coefficient (Wildman–Crippen LogP) is 5.23. The largest absolute Gasteiger partial charge is 0.336 e. The van der Waals surface area contributed by atoms with Crippen molar-refractivity contribution >= 4 is 33.4 Å². The maximum atomic E-state index is 13.7. The van der Waals surface area contributed by atoms with Crippen molar-refractivity contribution in [3.63, 3.8) is 0 Å². The van der Waals surface area contributed by atoms with Crippen molar-refractivity contribution < 1.29 is 9.59 Å². The van der Waals surface area contributed by atoms with E-state index in [2.05, 4.69) is 35.1 Å². The maximum Gasteiger partial charge on any atom is 0.270 e. The topological polar surface area (TPSA) is 45.6 Å². The van der Waals surface area contributed by atoms with Gasteiger partial charge in [0.15, 0.2) is 0 Å². The Bertz CT molecular complexity index is 1300. The molecule has 6 heteroatoms. The highest BCUT2D eigenvalue weighted by Gasteiger charge is 2.32. The monoisotopic (exact) mass is 471 g/mol. The number of benzene rings is 2. The van der Waals surface area contributed by atoms with Gasteiger partial charge in [-0.15, -0.1) is 11.3 Å². The van der Waals surface area contributed by atoms with Crippen LogP contribution in [0, 0.1) is 0 Å². The lowest BCUT2D eigenvalue weighted by Crippen LogP contribution is -2.56. The van der Waals surface area contributed by atoms with Crippen LogP contribution in [0.3, 0.4) is 0 Å². The molecule has 0 N–H and O–H groups in total. The van der Waals surface area contributed by atoms with Crippen LogP contribution in [0.25, 0.3) is 10.2 Å². The quantitative estimate of drug-likeness (QED) is 0.400. The zero-order valence-electron chi connectivity index (χ0n) is 19.6. The fraction of sp³-hybridized carbons (Fsp3) is 0.286. The van der Waals surface area contributed by atoms with Gasteiger partial charge < -0.3 is 14.4 Å². The highest BCUT2D eigenvalue weighted by atomic mass is 32.1. The van der Waals surface area contributed by atoms with Gasteiger partial charge in [0.1, 0.15) is 10.5 Å². The van der Waals surface area contributed by atoms with E-state index in [1.54, 1.807) is 11.3 Å². The standard InChI is InChI=1S/C28H29N3O2S/c1-20-19-29(14-15-30(20)26(32)17-22-9-5-3-6-10-22)27(33)25-18-24-13-16-34-28(24)31(25)21(2)23-11-7-4-8-12-23/h3-13,16,18,20-21H,14-15,17,19H2,1-2H3/t20-,21+/m0/s1. The van der Waals surface area contributed by atoms with Gasteiger partial charge in [0.2, 0.25) is 5.91 Å². The van der Waals surface area contributed by atoms with Gasteiger partial charge in [-0.25, -0.2) is 0 Å². The molecular formula is C28H29N3O2S. The van der Waals surface area contributed by atoms with Gasteiger partial charge in [-0.2, -0.15) is 0 Å². The minimum absolute atomic E-state index is 0.0232. The molecule has 5 nitrogen and oxygen atoms in total. The number of amides is 2. The van der Waals surface area contributed by atoms with E-state index in [9.17, 15) is 9.59 Å². The Labute approximate surface area is 204 Å². The molecule has 2 atom stereocenters. The molecule has 1 aliphatic heterocycles. The second-order valence-electron chi connectivity index (χ2n) is 9.02. The minimum Gasteiger partial charge on any atom is -0.336 e. The second kappa shape index (κ2) is 9.47. The Kier molecular flexibility index (Phi) is 6.24. The molecule has 0 aliphatic carbocycles. The Morgan fingerprint density at radius 2 is 1.71 bits per heavy atom. The van der Waals surface area contributed by atoms with Crippen molar-refractivity contribution in [3.8, 4) is 0 Å². The number of rotatable bonds is 5. The number of carbonyl (C=O) groups is 2. The van der Waals surface area contributed by atoms with Crippen LogP contribution in [0.2, 0.25) is 0 Å². The summed E-state index contributed by atoms with van der Waals surface area (Å²) in [5.74, 6) is 0.153. The molecular weight excluding hydrogens is 442 g/mol. The van der Waals surface area contributed by atoms with Crippen LogP contribution in [0.15, 0.2) is 78.2 Å². The van der Waals surface area contributed by atoms with E-state index in [4.69, 9.17) is 0 Å². The first-order chi connectivity index (χ1) is 16.5. The molecule has 0 spiro atoms. The number of hydrogen-bond acceptors (Lipinski definition) is 3. The first-order valence-corrected chi connectivity index (χ1v) is 12.7. The van der Waals surface area contributed by atoms with Gasteiger partial charge in [-0.05, 0) is 42.5 Å². The summed E-state index contributed by atoms with van der Waals surface area (Å²) in [5, 5.41) is 3.17. The zero-order chi connectivity index (χ0) is 23.7. The molecule has 0 unspecified atom stereocenters. The van der Waals surface area contributed by atoms with E-state index in [0.717, 1.165) is 21.5 Å². The summed E-state index contributed by atoms with van der Waals surface area (Å²) in [6, 6.07) is 24.3. The molecule has 2 amide bonds. The molecule has 5 rings (SSSR count). The van der Waals surface area contributed by atoms with E-state index in [1.165, 1.54) is 5.56 Å². The lowest BCUT2D eigenvalue weighted by atomic mass is 10.1. The van der Waals surface area contributed by atoms with Gasteiger partial charge >= 0.3 is 0 Å². The normalized spacial score (nSPS) is 17.2. The number of hydrogen-bond donors (Lipinski definition) is 0. The summed E-state index contributed by atoms with van der Waals surface area (Å²) in [5.41, 5.74) is 2.91. The smallest absolute Gasteiger partial charge is 0.270 e. The van der Waals surface area contributed by atoms with Crippen LogP contribution in [-0.4, -0.2) is 51.9 Å². The van der Waals surface area contributed by atoms with Crippen molar-refractivity contribution in [2.75, 3.05) is 19.6 Å². The molecule has 1 aliphatic rings. The number of piperazine rings is 1. The van der Waals surface area contributed by atoms with Crippen LogP contribution >= 0.6 is 11.3 Å². The average Bonchev–Trinajstić information content (AvgIpc) is 3.45. The summed E-state index contributed by atoms with van der Waals surface area (Å²) < 4.78 is 2.18. The van der Waals surface area contributed by atoms with Crippen LogP contribution < -0.4 is 0 Å². The van der Waals surface area contributed by atoms with Gasteiger partial charge in [-0.3, -0.25) is 9.59 Å². The summed E-state index contributed by atoms with van der Waals surface area (Å²) in [7, 11) is 0. The minimum atomic E-state index is -0.0232. The molecule has 1 fully saturated rings. The SMILES string of the molecule is C[C@H](c1ccccc1)n1c(C(=O)N2CCN(C(=O)Cc3ccccc3)[C@@H](C)C2)cc2ccsc21. The third-order valence-corrected chi connectivity index (χ3v) is 7.69. The van der Waals surface area contributed by atoms with Crippen molar-refractivity contribution in [2.24, 2.45) is 0 Å². The van der Waals surface area contributed by atoms with Crippen LogP contribution in [0.4, 0.5) is 0 Å². The van der Waals surface area contributed by atoms with Crippen LogP contribution in [-0.2, 0) is 11.2 Å². The van der Waals surface area contributed by atoms with Crippen molar-refractivity contribution in [2.45, 2.75) is 32.4 Å². The van der Waals surface area contributed by atoms with E-state index >= 15 is 0 Å². The lowest BCUT2D eigenvalue weighted by molar-refractivity contribution is -0.134. The third kappa shape index (κ3) is 4.26. The second-order valence-corrected chi connectivity index (χ2v) is 9.91. The summed E-state index contributed by atoms with van der Waals surface area (Å²) >= 11 is 1.67. The Hall–Kier alpha value is -3.38. The number of fused-ring (bicyclic) bond motifs is 1. The molecule has 174 valence electrons. The number of aromatic nitrogens is 1. The van der Waals surface area contributed by atoms with Gasteiger partial charge in [0, 0.05) is 31.1 Å². The molecule has 4 aromatic rings. The highest BCUT2D eigenvalue weighted by Crippen LogP contribution is 2.32. The first kappa shape index (κ1) is 22.4. The average molecular weight is 472 g/mol. The number of nitrogens with zero attached hydrogens (tertiary/aromatic N) is 3. The van der Waals surface area contributed by atoms with Gasteiger partial charge in [0.25, 0.3) is 5.91 Å². The molecule has 0 radical (unpaired) electrons. The van der Waals surface area contributed by atoms with Gasteiger partial charge in [0.05, 0.1) is 12.5 Å². The van der Waals surface area contributed by atoms with Crippen molar-refractivity contribution in [1.29, 1.82) is 0 Å². The summed E-state index contributed by atoms with van der Waals surface area (Å²) in [4.78, 5) is 31.6. The Morgan fingerprint density at radius 3 is 2.41 bits per heavy atom. The van der Waals surface area contributed by atoms with Gasteiger partial charge in [-0.1, -0.05) is 60.7 Å². The molecule has 3 heterocycles. The van der Waals surface area contributed by atoms with Crippen molar-refractivity contribution in [1.82, 2.24) is 14.4 Å². The number of thiophene rings is 1. The molecule has 0 bridgehead atoms. The van der Waals surface area contributed by atoms with E-state index in [0.29, 0.717) is 26.1 Å². The Morgan fingerprint density at radius 1 is 1.00 bits per heavy atom. The summed E-state index contributed by atoms with van der Waals surface area (Å²) in [6.45, 7) is 5.82. The maximum absolute atomic E-state index is 13.7. The van der Waals surface area contributed by atoms with Crippen LogP contribution in [0.5, 0.6) is 0 Å². The lowest BCUT2D eigenvalue weighted by Gasteiger charge is -2.40. The van der Waals surface area contributed by atoms with E-state index < -0.39 is 0 Å². The van der Waals surface area contributed by atoms with E-state index in [-0.39, 0.29) is 23.9 Å². The fourth-order valence-corrected chi connectivity index (χ4v) is 5.90. The molecule has 2 aromatic heterocycles. The predicted molar refractivity (Wildman–Crippen MR) is 137 cm³/mol. The molecule has 1 saturated heterocycles. The number of carbonyl (C=O) groups excluding carboxylic acids is 2. The molecule has 2 aromatic carbocycles. The van der Waals surface area contributed by atoms with E-state index in [1.807, 2.05) is 71.3 Å². The third-order valence-electron chi connectivity index (χ3n) is 6.77. The Balaban J connectivity index is 1.35. The molecule has 0 saturated carbocycles. The fourth-order valence-electron chi connectivity index (χ4n) is 4.92. The first-order valence-electron chi connectivity index (χ1n) is 11.8. The summed E-state index contributed by atoms with van der Waals surface area (Å²) in [6.07, 6.45) is 0.396. The highest BCUT2D eigenvalue weighted by molar-refractivity contribution is 7.16. The van der Waals surface area contributed by atoms with Crippen LogP contribution in [0.1, 0.15) is 41.5 Å². The molecule has 34 heavy (non-hydrogen) atoms. The zero-order valence-corrected chi connectivity index (χ0v) is 20.4. The van der Waals surface area contributed by atoms with Crippen molar-refractivity contribution in [3.05, 3.63) is 95.0 Å².